The summed E-state index contributed by atoms with van der Waals surface area (Å²) in [5.74, 6) is -0.446. The molecule has 0 spiro atoms. The highest BCUT2D eigenvalue weighted by molar-refractivity contribution is 6.31. The highest BCUT2D eigenvalue weighted by atomic mass is 35.5. The number of carbonyl (C=O) groups is 1. The fourth-order valence-electron chi connectivity index (χ4n) is 1.48. The van der Waals surface area contributed by atoms with Gasteiger partial charge in [-0.05, 0) is 25.5 Å². The smallest absolute Gasteiger partial charge is 0.310 e. The van der Waals surface area contributed by atoms with E-state index in [0.29, 0.717) is 16.1 Å². The van der Waals surface area contributed by atoms with Crippen molar-refractivity contribution in [3.8, 4) is 0 Å². The Morgan fingerprint density at radius 2 is 2.18 bits per heavy atom. The minimum atomic E-state index is -0.500. The maximum Gasteiger partial charge on any atom is 0.310 e. The fourth-order valence-corrected chi connectivity index (χ4v) is 1.75. The Bertz CT molecular complexity index is 459. The highest BCUT2D eigenvalue weighted by Gasteiger charge is 2.18. The maximum atomic E-state index is 11.3. The van der Waals surface area contributed by atoms with Gasteiger partial charge in [0.25, 0.3) is 5.69 Å². The van der Waals surface area contributed by atoms with Crippen LogP contribution in [0.1, 0.15) is 18.1 Å². The molecule has 0 radical (unpaired) electrons. The summed E-state index contributed by atoms with van der Waals surface area (Å²) in [4.78, 5) is 21.6. The average Bonchev–Trinajstić information content (AvgIpc) is 2.24. The zero-order chi connectivity index (χ0) is 13.0. The van der Waals surface area contributed by atoms with Gasteiger partial charge in [-0.1, -0.05) is 11.6 Å². The van der Waals surface area contributed by atoms with Crippen LogP contribution in [0.5, 0.6) is 0 Å². The van der Waals surface area contributed by atoms with Gasteiger partial charge in [0, 0.05) is 16.7 Å². The summed E-state index contributed by atoms with van der Waals surface area (Å²) in [5.41, 5.74) is 0.795. The van der Waals surface area contributed by atoms with Crippen molar-refractivity contribution in [1.82, 2.24) is 0 Å². The van der Waals surface area contributed by atoms with E-state index in [1.165, 1.54) is 12.1 Å². The van der Waals surface area contributed by atoms with Crippen molar-refractivity contribution in [2.24, 2.45) is 0 Å². The molecule has 0 bridgehead atoms. The van der Waals surface area contributed by atoms with Gasteiger partial charge in [-0.15, -0.1) is 0 Å². The molecule has 17 heavy (non-hydrogen) atoms. The van der Waals surface area contributed by atoms with Crippen molar-refractivity contribution < 1.29 is 14.5 Å². The lowest BCUT2D eigenvalue weighted by Crippen LogP contribution is -2.09. The number of esters is 1. The van der Waals surface area contributed by atoms with E-state index in [-0.39, 0.29) is 18.7 Å². The van der Waals surface area contributed by atoms with Crippen LogP contribution in [0.25, 0.3) is 0 Å². The number of nitro benzene ring substituents is 1. The predicted octanol–water partition coefficient (Wildman–Crippen LogP) is 2.66. The summed E-state index contributed by atoms with van der Waals surface area (Å²) >= 11 is 5.92. The average molecular weight is 258 g/mol. The lowest BCUT2D eigenvalue weighted by Gasteiger charge is -2.08. The summed E-state index contributed by atoms with van der Waals surface area (Å²) in [6.07, 6.45) is -0.0554. The van der Waals surface area contributed by atoms with Crippen molar-refractivity contribution >= 4 is 23.3 Å². The van der Waals surface area contributed by atoms with E-state index in [1.54, 1.807) is 13.8 Å². The van der Waals surface area contributed by atoms with E-state index in [4.69, 9.17) is 16.3 Å². The molecule has 1 rings (SSSR count). The maximum absolute atomic E-state index is 11.3. The second kappa shape index (κ2) is 5.63. The van der Waals surface area contributed by atoms with Gasteiger partial charge in [-0.3, -0.25) is 14.9 Å². The Hall–Kier alpha value is -1.62. The number of benzene rings is 1. The molecular weight excluding hydrogens is 246 g/mol. The summed E-state index contributed by atoms with van der Waals surface area (Å²) in [7, 11) is 0. The van der Waals surface area contributed by atoms with Crippen LogP contribution >= 0.6 is 11.6 Å². The van der Waals surface area contributed by atoms with Crippen LogP contribution in [0.2, 0.25) is 5.02 Å². The Kier molecular flexibility index (Phi) is 4.45. The molecule has 0 aliphatic heterocycles. The lowest BCUT2D eigenvalue weighted by molar-refractivity contribution is -0.385. The Balaban J connectivity index is 3.09. The number of nitrogens with zero attached hydrogens (tertiary/aromatic N) is 1. The molecule has 92 valence electrons. The normalized spacial score (nSPS) is 10.1. The van der Waals surface area contributed by atoms with Gasteiger partial charge in [0.2, 0.25) is 0 Å². The van der Waals surface area contributed by atoms with Crippen LogP contribution in [0.15, 0.2) is 12.1 Å². The van der Waals surface area contributed by atoms with Gasteiger partial charge in [0.15, 0.2) is 0 Å². The summed E-state index contributed by atoms with van der Waals surface area (Å²) in [5, 5.41) is 11.1. The van der Waals surface area contributed by atoms with Crippen LogP contribution in [0.4, 0.5) is 5.69 Å². The number of nitro groups is 1. The van der Waals surface area contributed by atoms with E-state index >= 15 is 0 Å². The lowest BCUT2D eigenvalue weighted by atomic mass is 10.0. The molecule has 0 fully saturated rings. The molecule has 0 aromatic heterocycles. The SMILES string of the molecule is CCOC(=O)Cc1c(Cl)ccc([N+](=O)[O-])c1C. The van der Waals surface area contributed by atoms with Crippen molar-refractivity contribution in [2.75, 3.05) is 6.61 Å². The second-order valence-electron chi connectivity index (χ2n) is 3.41. The van der Waals surface area contributed by atoms with Gasteiger partial charge in [0.1, 0.15) is 0 Å². The van der Waals surface area contributed by atoms with Crippen LogP contribution < -0.4 is 0 Å². The number of rotatable bonds is 4. The van der Waals surface area contributed by atoms with E-state index in [1.807, 2.05) is 0 Å². The molecule has 0 aliphatic rings. The molecule has 0 unspecified atom stereocenters. The van der Waals surface area contributed by atoms with Gasteiger partial charge in [-0.2, -0.15) is 0 Å². The van der Waals surface area contributed by atoms with E-state index in [0.717, 1.165) is 0 Å². The summed E-state index contributed by atoms with van der Waals surface area (Å²) in [6.45, 7) is 3.53. The number of halogens is 1. The monoisotopic (exact) mass is 257 g/mol. The van der Waals surface area contributed by atoms with E-state index < -0.39 is 10.9 Å². The molecule has 0 N–H and O–H groups in total. The fraction of sp³-hybridized carbons (Fsp3) is 0.364. The molecule has 1 aromatic carbocycles. The molecule has 0 saturated heterocycles. The molecule has 0 heterocycles. The molecule has 0 atom stereocenters. The van der Waals surface area contributed by atoms with E-state index in [9.17, 15) is 14.9 Å². The minimum absolute atomic E-state index is 0.0475. The molecule has 0 saturated carbocycles. The first-order valence-electron chi connectivity index (χ1n) is 5.05. The van der Waals surface area contributed by atoms with Gasteiger partial charge in [0.05, 0.1) is 18.0 Å². The number of ether oxygens (including phenoxy) is 1. The largest absolute Gasteiger partial charge is 0.466 e. The van der Waals surface area contributed by atoms with Crippen molar-refractivity contribution in [1.29, 1.82) is 0 Å². The molecule has 0 aliphatic carbocycles. The summed E-state index contributed by atoms with van der Waals surface area (Å²) < 4.78 is 4.79. The van der Waals surface area contributed by atoms with Gasteiger partial charge >= 0.3 is 5.97 Å². The summed E-state index contributed by atoms with van der Waals surface area (Å²) in [6, 6.07) is 2.74. The van der Waals surface area contributed by atoms with Crippen molar-refractivity contribution in [2.45, 2.75) is 20.3 Å². The van der Waals surface area contributed by atoms with Crippen molar-refractivity contribution in [3.05, 3.63) is 38.4 Å². The second-order valence-corrected chi connectivity index (χ2v) is 3.82. The molecule has 0 amide bonds. The first-order chi connectivity index (χ1) is 7.97. The predicted molar refractivity (Wildman–Crippen MR) is 63.2 cm³/mol. The highest BCUT2D eigenvalue weighted by Crippen LogP contribution is 2.28. The number of carbonyl (C=O) groups excluding carboxylic acids is 1. The van der Waals surface area contributed by atoms with Gasteiger partial charge in [-0.25, -0.2) is 0 Å². The standard InChI is InChI=1S/C11H12ClNO4/c1-3-17-11(14)6-8-7(2)10(13(15)16)5-4-9(8)12/h4-5H,3,6H2,1-2H3. The molecule has 5 nitrogen and oxygen atoms in total. The first kappa shape index (κ1) is 13.4. The van der Waals surface area contributed by atoms with E-state index in [2.05, 4.69) is 0 Å². The minimum Gasteiger partial charge on any atom is -0.466 e. The van der Waals surface area contributed by atoms with Crippen molar-refractivity contribution in [3.63, 3.8) is 0 Å². The van der Waals surface area contributed by atoms with Crippen LogP contribution in [-0.4, -0.2) is 17.5 Å². The van der Waals surface area contributed by atoms with Crippen LogP contribution in [-0.2, 0) is 16.0 Å². The Morgan fingerprint density at radius 3 is 2.71 bits per heavy atom. The van der Waals surface area contributed by atoms with Crippen LogP contribution in [0, 0.1) is 17.0 Å². The molecular formula is C11H12ClNO4. The Labute approximate surface area is 103 Å². The third-order valence-corrected chi connectivity index (χ3v) is 2.69. The Morgan fingerprint density at radius 1 is 1.53 bits per heavy atom. The third-order valence-electron chi connectivity index (χ3n) is 2.34. The van der Waals surface area contributed by atoms with Crippen LogP contribution in [0.3, 0.4) is 0 Å². The molecule has 1 aromatic rings. The topological polar surface area (TPSA) is 69.4 Å². The number of hydrogen-bond donors (Lipinski definition) is 0. The quantitative estimate of drug-likeness (QED) is 0.472. The third kappa shape index (κ3) is 3.17. The van der Waals surface area contributed by atoms with Gasteiger partial charge < -0.3 is 4.74 Å². The zero-order valence-electron chi connectivity index (χ0n) is 9.53. The first-order valence-corrected chi connectivity index (χ1v) is 5.43. The number of hydrogen-bond acceptors (Lipinski definition) is 4. The zero-order valence-corrected chi connectivity index (χ0v) is 10.3. The molecule has 6 heteroatoms.